The van der Waals surface area contributed by atoms with E-state index in [0.717, 1.165) is 36.5 Å². The highest BCUT2D eigenvalue weighted by molar-refractivity contribution is 5.89. The van der Waals surface area contributed by atoms with Crippen molar-refractivity contribution < 1.29 is 9.32 Å². The first kappa shape index (κ1) is 12.7. The molecule has 5 nitrogen and oxygen atoms in total. The number of rotatable bonds is 2. The lowest BCUT2D eigenvalue weighted by molar-refractivity contribution is 0.204. The third-order valence-electron chi connectivity index (χ3n) is 3.53. The van der Waals surface area contributed by atoms with Gasteiger partial charge in [0.05, 0.1) is 6.04 Å². The Balaban J connectivity index is 1.73. The van der Waals surface area contributed by atoms with Crippen molar-refractivity contribution in [1.29, 1.82) is 0 Å². The standard InChI is InChI=1S/C15H17N3O2/c1-11-10-13(17-20-11)14-8-5-9-18(14)15(19)16-12-6-3-2-4-7-12/h2-4,6-7,10,14H,5,8-9H2,1H3,(H,16,19)/t14-/m0/s1. The van der Waals surface area contributed by atoms with Crippen LogP contribution in [0.5, 0.6) is 0 Å². The second-order valence-electron chi connectivity index (χ2n) is 5.01. The van der Waals surface area contributed by atoms with Crippen LogP contribution >= 0.6 is 0 Å². The molecule has 1 aromatic carbocycles. The summed E-state index contributed by atoms with van der Waals surface area (Å²) in [6.07, 6.45) is 1.91. The van der Waals surface area contributed by atoms with Gasteiger partial charge in [-0.2, -0.15) is 0 Å². The minimum Gasteiger partial charge on any atom is -0.361 e. The normalized spacial score (nSPS) is 18.2. The molecule has 2 amide bonds. The van der Waals surface area contributed by atoms with Gasteiger partial charge in [-0.15, -0.1) is 0 Å². The van der Waals surface area contributed by atoms with Crippen LogP contribution in [0.15, 0.2) is 40.9 Å². The monoisotopic (exact) mass is 271 g/mol. The van der Waals surface area contributed by atoms with E-state index >= 15 is 0 Å². The Morgan fingerprint density at radius 2 is 2.20 bits per heavy atom. The number of benzene rings is 1. The molecule has 3 rings (SSSR count). The molecule has 2 heterocycles. The molecule has 104 valence electrons. The van der Waals surface area contributed by atoms with Crippen molar-refractivity contribution in [2.75, 3.05) is 11.9 Å². The fraction of sp³-hybridized carbons (Fsp3) is 0.333. The van der Waals surface area contributed by atoms with Crippen molar-refractivity contribution in [3.63, 3.8) is 0 Å². The molecular weight excluding hydrogens is 254 g/mol. The number of anilines is 1. The summed E-state index contributed by atoms with van der Waals surface area (Å²) in [6.45, 7) is 2.61. The second kappa shape index (κ2) is 5.36. The van der Waals surface area contributed by atoms with Gasteiger partial charge in [0, 0.05) is 18.3 Å². The number of hydrogen-bond acceptors (Lipinski definition) is 3. The number of aryl methyl sites for hydroxylation is 1. The number of urea groups is 1. The zero-order valence-corrected chi connectivity index (χ0v) is 11.4. The molecule has 0 radical (unpaired) electrons. The first-order valence-electron chi connectivity index (χ1n) is 6.80. The number of amides is 2. The number of carbonyl (C=O) groups excluding carboxylic acids is 1. The van der Waals surface area contributed by atoms with E-state index in [1.165, 1.54) is 0 Å². The summed E-state index contributed by atoms with van der Waals surface area (Å²) in [5.41, 5.74) is 1.64. The maximum atomic E-state index is 12.4. The van der Waals surface area contributed by atoms with Crippen LogP contribution < -0.4 is 5.32 Å². The summed E-state index contributed by atoms with van der Waals surface area (Å²) in [4.78, 5) is 14.2. The second-order valence-corrected chi connectivity index (χ2v) is 5.01. The summed E-state index contributed by atoms with van der Waals surface area (Å²) >= 11 is 0. The van der Waals surface area contributed by atoms with E-state index in [-0.39, 0.29) is 12.1 Å². The molecule has 20 heavy (non-hydrogen) atoms. The lowest BCUT2D eigenvalue weighted by Crippen LogP contribution is -2.34. The van der Waals surface area contributed by atoms with Crippen LogP contribution in [0.4, 0.5) is 10.5 Å². The van der Waals surface area contributed by atoms with Gasteiger partial charge in [-0.1, -0.05) is 23.4 Å². The summed E-state index contributed by atoms with van der Waals surface area (Å²) in [6, 6.07) is 11.3. The summed E-state index contributed by atoms with van der Waals surface area (Å²) in [5.74, 6) is 0.773. The van der Waals surface area contributed by atoms with Crippen molar-refractivity contribution in [2.24, 2.45) is 0 Å². The molecule has 1 saturated heterocycles. The van der Waals surface area contributed by atoms with Crippen molar-refractivity contribution in [1.82, 2.24) is 10.1 Å². The van der Waals surface area contributed by atoms with Gasteiger partial charge in [0.15, 0.2) is 0 Å². The SMILES string of the molecule is Cc1cc([C@@H]2CCCN2C(=O)Nc2ccccc2)no1. The van der Waals surface area contributed by atoms with Gasteiger partial charge in [-0.3, -0.25) is 0 Å². The molecule has 1 fully saturated rings. The minimum absolute atomic E-state index is 0.0103. The molecule has 1 aliphatic rings. The average molecular weight is 271 g/mol. The van der Waals surface area contributed by atoms with Crippen LogP contribution in [0.2, 0.25) is 0 Å². The molecule has 0 spiro atoms. The minimum atomic E-state index is -0.0839. The van der Waals surface area contributed by atoms with Crippen LogP contribution in [0.3, 0.4) is 0 Å². The van der Waals surface area contributed by atoms with E-state index in [1.54, 1.807) is 0 Å². The Labute approximate surface area is 117 Å². The predicted octanol–water partition coefficient (Wildman–Crippen LogP) is 3.35. The third-order valence-corrected chi connectivity index (χ3v) is 3.53. The molecule has 1 N–H and O–H groups in total. The van der Waals surface area contributed by atoms with Crippen molar-refractivity contribution >= 4 is 11.7 Å². The summed E-state index contributed by atoms with van der Waals surface area (Å²) < 4.78 is 5.11. The van der Waals surface area contributed by atoms with E-state index in [4.69, 9.17) is 4.52 Å². The van der Waals surface area contributed by atoms with E-state index in [1.807, 2.05) is 48.2 Å². The molecular formula is C15H17N3O2. The lowest BCUT2D eigenvalue weighted by Gasteiger charge is -2.23. The number of carbonyl (C=O) groups is 1. The van der Waals surface area contributed by atoms with Gasteiger partial charge in [0.25, 0.3) is 0 Å². The molecule has 0 unspecified atom stereocenters. The maximum Gasteiger partial charge on any atom is 0.322 e. The molecule has 1 aliphatic heterocycles. The van der Waals surface area contributed by atoms with Crippen molar-refractivity contribution in [3.05, 3.63) is 47.9 Å². The Bertz CT molecular complexity index is 594. The van der Waals surface area contributed by atoms with Crippen LogP contribution in [0, 0.1) is 6.92 Å². The molecule has 0 saturated carbocycles. The van der Waals surface area contributed by atoms with Crippen molar-refractivity contribution in [2.45, 2.75) is 25.8 Å². The highest BCUT2D eigenvalue weighted by Gasteiger charge is 2.32. The number of nitrogens with zero attached hydrogens (tertiary/aromatic N) is 2. The predicted molar refractivity (Wildman–Crippen MR) is 75.4 cm³/mol. The fourth-order valence-corrected chi connectivity index (χ4v) is 2.58. The van der Waals surface area contributed by atoms with Crippen LogP contribution in [-0.2, 0) is 0 Å². The largest absolute Gasteiger partial charge is 0.361 e. The van der Waals surface area contributed by atoms with Crippen LogP contribution in [0.25, 0.3) is 0 Å². The Morgan fingerprint density at radius 1 is 1.40 bits per heavy atom. The number of hydrogen-bond donors (Lipinski definition) is 1. The Kier molecular flexibility index (Phi) is 3.41. The quantitative estimate of drug-likeness (QED) is 0.911. The molecule has 0 aliphatic carbocycles. The average Bonchev–Trinajstić information content (AvgIpc) is 3.08. The maximum absolute atomic E-state index is 12.4. The van der Waals surface area contributed by atoms with Crippen LogP contribution in [0.1, 0.15) is 30.3 Å². The van der Waals surface area contributed by atoms with Gasteiger partial charge < -0.3 is 14.7 Å². The van der Waals surface area contributed by atoms with E-state index < -0.39 is 0 Å². The zero-order valence-electron chi connectivity index (χ0n) is 11.4. The van der Waals surface area contributed by atoms with Gasteiger partial charge >= 0.3 is 6.03 Å². The summed E-state index contributed by atoms with van der Waals surface area (Å²) in [7, 11) is 0. The lowest BCUT2D eigenvalue weighted by atomic mass is 10.1. The van der Waals surface area contributed by atoms with E-state index in [2.05, 4.69) is 10.5 Å². The van der Waals surface area contributed by atoms with Crippen LogP contribution in [-0.4, -0.2) is 22.6 Å². The fourth-order valence-electron chi connectivity index (χ4n) is 2.58. The zero-order chi connectivity index (χ0) is 13.9. The van der Waals surface area contributed by atoms with Gasteiger partial charge in [0.2, 0.25) is 0 Å². The van der Waals surface area contributed by atoms with Gasteiger partial charge in [0.1, 0.15) is 11.5 Å². The highest BCUT2D eigenvalue weighted by Crippen LogP contribution is 2.31. The Hall–Kier alpha value is -2.30. The smallest absolute Gasteiger partial charge is 0.322 e. The van der Waals surface area contributed by atoms with Crippen molar-refractivity contribution in [3.8, 4) is 0 Å². The number of para-hydroxylation sites is 1. The Morgan fingerprint density at radius 3 is 2.90 bits per heavy atom. The molecule has 1 atom stereocenters. The molecule has 0 bridgehead atoms. The number of likely N-dealkylation sites (tertiary alicyclic amines) is 1. The highest BCUT2D eigenvalue weighted by atomic mass is 16.5. The summed E-state index contributed by atoms with van der Waals surface area (Å²) in [5, 5.41) is 6.96. The first-order valence-corrected chi connectivity index (χ1v) is 6.80. The topological polar surface area (TPSA) is 58.4 Å². The first-order chi connectivity index (χ1) is 9.74. The number of nitrogens with one attached hydrogen (secondary N) is 1. The van der Waals surface area contributed by atoms with E-state index in [0.29, 0.717) is 0 Å². The molecule has 2 aromatic rings. The molecule has 1 aromatic heterocycles. The number of aromatic nitrogens is 1. The van der Waals surface area contributed by atoms with Gasteiger partial charge in [-0.25, -0.2) is 4.79 Å². The van der Waals surface area contributed by atoms with E-state index in [9.17, 15) is 4.79 Å². The van der Waals surface area contributed by atoms with Gasteiger partial charge in [-0.05, 0) is 31.9 Å². The molecule has 5 heteroatoms. The third kappa shape index (κ3) is 2.52.